The molecule has 0 fully saturated rings. The Kier molecular flexibility index (Phi) is 4.82. The van der Waals surface area contributed by atoms with Crippen LogP contribution in [-0.4, -0.2) is 13.2 Å². The zero-order chi connectivity index (χ0) is 15.6. The molecule has 1 unspecified atom stereocenters. The zero-order valence-electron chi connectivity index (χ0n) is 11.3. The summed E-state index contributed by atoms with van der Waals surface area (Å²) in [5.74, 6) is -9.57. The lowest BCUT2D eigenvalue weighted by atomic mass is 10.0. The van der Waals surface area contributed by atoms with E-state index < -0.39 is 40.7 Å². The van der Waals surface area contributed by atoms with Gasteiger partial charge in [-0.2, -0.15) is 0 Å². The topological polar surface area (TPSA) is 21.3 Å². The summed E-state index contributed by atoms with van der Waals surface area (Å²) in [5, 5.41) is 2.75. The second-order valence-corrected chi connectivity index (χ2v) is 4.61. The summed E-state index contributed by atoms with van der Waals surface area (Å²) in [4.78, 5) is 0. The maximum atomic E-state index is 13.9. The quantitative estimate of drug-likeness (QED) is 0.508. The van der Waals surface area contributed by atoms with Crippen LogP contribution in [0.5, 0.6) is 0 Å². The summed E-state index contributed by atoms with van der Waals surface area (Å²) in [6.07, 6.45) is 2.72. The van der Waals surface area contributed by atoms with Crippen molar-refractivity contribution in [3.8, 4) is 0 Å². The average molecular weight is 307 g/mol. The maximum Gasteiger partial charge on any atom is 0.200 e. The number of nitrogens with one attached hydrogen (secondary N) is 1. The number of benzene rings is 1. The lowest BCUT2D eigenvalue weighted by molar-refractivity contribution is 0.211. The SMILES string of the molecule is CCCNC(C1=CCCO1)c1c(F)c(F)c(F)c(F)c1F. The molecule has 1 aromatic rings. The van der Waals surface area contributed by atoms with E-state index in [2.05, 4.69) is 5.32 Å². The van der Waals surface area contributed by atoms with Crippen molar-refractivity contribution in [1.29, 1.82) is 0 Å². The normalized spacial score (nSPS) is 15.8. The van der Waals surface area contributed by atoms with E-state index >= 15 is 0 Å². The van der Waals surface area contributed by atoms with E-state index in [4.69, 9.17) is 4.74 Å². The molecule has 0 aromatic heterocycles. The molecule has 0 saturated carbocycles. The van der Waals surface area contributed by atoms with Crippen molar-refractivity contribution in [2.75, 3.05) is 13.2 Å². The van der Waals surface area contributed by atoms with Gasteiger partial charge in [-0.15, -0.1) is 0 Å². The van der Waals surface area contributed by atoms with Gasteiger partial charge >= 0.3 is 0 Å². The fourth-order valence-electron chi connectivity index (χ4n) is 2.15. The predicted molar refractivity (Wildman–Crippen MR) is 65.9 cm³/mol. The standard InChI is InChI=1S/C14H14F5NO/c1-2-5-20-14(7-4-3-6-21-7)8-9(15)11(17)13(19)12(18)10(8)16/h4,14,20H,2-3,5-6H2,1H3. The number of hydrogen-bond acceptors (Lipinski definition) is 2. The van der Waals surface area contributed by atoms with Gasteiger partial charge in [-0.05, 0) is 19.0 Å². The average Bonchev–Trinajstić information content (AvgIpc) is 3.00. The van der Waals surface area contributed by atoms with E-state index in [0.29, 0.717) is 26.0 Å². The molecule has 2 nitrogen and oxygen atoms in total. The number of rotatable bonds is 5. The van der Waals surface area contributed by atoms with Gasteiger partial charge in [0, 0.05) is 6.42 Å². The highest BCUT2D eigenvalue weighted by atomic mass is 19.2. The van der Waals surface area contributed by atoms with Crippen molar-refractivity contribution >= 4 is 0 Å². The first kappa shape index (κ1) is 15.8. The van der Waals surface area contributed by atoms with Gasteiger partial charge in [0.1, 0.15) is 5.76 Å². The molecule has 116 valence electrons. The van der Waals surface area contributed by atoms with Crippen molar-refractivity contribution in [2.24, 2.45) is 0 Å². The van der Waals surface area contributed by atoms with Crippen LogP contribution in [0.15, 0.2) is 11.8 Å². The molecule has 1 aliphatic rings. The fourth-order valence-corrected chi connectivity index (χ4v) is 2.15. The number of halogens is 5. The first-order valence-corrected chi connectivity index (χ1v) is 6.56. The van der Waals surface area contributed by atoms with Crippen molar-refractivity contribution in [3.05, 3.63) is 46.5 Å². The van der Waals surface area contributed by atoms with E-state index in [-0.39, 0.29) is 5.76 Å². The van der Waals surface area contributed by atoms with Crippen LogP contribution in [-0.2, 0) is 4.74 Å². The van der Waals surface area contributed by atoms with Gasteiger partial charge < -0.3 is 10.1 Å². The molecule has 0 amide bonds. The first-order chi connectivity index (χ1) is 9.99. The Hall–Kier alpha value is -1.63. The van der Waals surface area contributed by atoms with E-state index in [9.17, 15) is 22.0 Å². The molecule has 21 heavy (non-hydrogen) atoms. The number of ether oxygens (including phenoxy) is 1. The minimum Gasteiger partial charge on any atom is -0.496 e. The molecule has 0 spiro atoms. The predicted octanol–water partition coefficient (Wildman–Crippen LogP) is 3.73. The molecular weight excluding hydrogens is 293 g/mol. The van der Waals surface area contributed by atoms with Crippen molar-refractivity contribution in [1.82, 2.24) is 5.32 Å². The van der Waals surface area contributed by atoms with Crippen LogP contribution in [0.3, 0.4) is 0 Å². The lowest BCUT2D eigenvalue weighted by Gasteiger charge is -2.21. The van der Waals surface area contributed by atoms with Crippen LogP contribution in [0, 0.1) is 29.1 Å². The smallest absolute Gasteiger partial charge is 0.200 e. The molecule has 1 aliphatic heterocycles. The van der Waals surface area contributed by atoms with E-state index in [1.807, 2.05) is 6.92 Å². The summed E-state index contributed by atoms with van der Waals surface area (Å²) in [6.45, 7) is 2.46. The highest BCUT2D eigenvalue weighted by Gasteiger charge is 2.33. The van der Waals surface area contributed by atoms with E-state index in [0.717, 1.165) is 0 Å². The second-order valence-electron chi connectivity index (χ2n) is 4.61. The van der Waals surface area contributed by atoms with Gasteiger partial charge in [-0.3, -0.25) is 0 Å². The summed E-state index contributed by atoms with van der Waals surface area (Å²) in [7, 11) is 0. The van der Waals surface area contributed by atoms with Gasteiger partial charge in [0.2, 0.25) is 5.82 Å². The molecule has 1 atom stereocenters. The minimum absolute atomic E-state index is 0.173. The Morgan fingerprint density at radius 2 is 1.62 bits per heavy atom. The Labute approximate surface area is 118 Å². The van der Waals surface area contributed by atoms with Gasteiger partial charge in [0.25, 0.3) is 0 Å². The van der Waals surface area contributed by atoms with Gasteiger partial charge in [-0.25, -0.2) is 22.0 Å². The molecular formula is C14H14F5NO. The highest BCUT2D eigenvalue weighted by molar-refractivity contribution is 5.32. The van der Waals surface area contributed by atoms with Crippen LogP contribution in [0.4, 0.5) is 22.0 Å². The largest absolute Gasteiger partial charge is 0.496 e. The molecule has 0 saturated heterocycles. The summed E-state index contributed by atoms with van der Waals surface area (Å²) >= 11 is 0. The van der Waals surface area contributed by atoms with Crippen LogP contribution in [0.25, 0.3) is 0 Å². The van der Waals surface area contributed by atoms with Crippen LogP contribution < -0.4 is 5.32 Å². The van der Waals surface area contributed by atoms with Crippen LogP contribution in [0.2, 0.25) is 0 Å². The highest BCUT2D eigenvalue weighted by Crippen LogP contribution is 2.33. The molecule has 0 radical (unpaired) electrons. The second kappa shape index (κ2) is 6.43. The first-order valence-electron chi connectivity index (χ1n) is 6.56. The fraction of sp³-hybridized carbons (Fsp3) is 0.429. The van der Waals surface area contributed by atoms with Crippen molar-refractivity contribution < 1.29 is 26.7 Å². The van der Waals surface area contributed by atoms with E-state index in [1.54, 1.807) is 6.08 Å². The molecule has 7 heteroatoms. The van der Waals surface area contributed by atoms with Crippen LogP contribution >= 0.6 is 0 Å². The third-order valence-corrected chi connectivity index (χ3v) is 3.15. The number of hydrogen-bond donors (Lipinski definition) is 1. The molecule has 1 aromatic carbocycles. The Balaban J connectivity index is 2.54. The Morgan fingerprint density at radius 3 is 2.10 bits per heavy atom. The van der Waals surface area contributed by atoms with E-state index in [1.165, 1.54) is 0 Å². The van der Waals surface area contributed by atoms with Gasteiger partial charge in [-0.1, -0.05) is 6.92 Å². The van der Waals surface area contributed by atoms with Crippen LogP contribution in [0.1, 0.15) is 31.4 Å². The molecule has 2 rings (SSSR count). The van der Waals surface area contributed by atoms with Gasteiger partial charge in [0.15, 0.2) is 23.3 Å². The summed E-state index contributed by atoms with van der Waals surface area (Å²) in [6, 6.07) is -1.20. The minimum atomic E-state index is -2.16. The molecule has 0 bridgehead atoms. The van der Waals surface area contributed by atoms with Crippen molar-refractivity contribution in [2.45, 2.75) is 25.8 Å². The van der Waals surface area contributed by atoms with Gasteiger partial charge in [0.05, 0.1) is 18.2 Å². The lowest BCUT2D eigenvalue weighted by Crippen LogP contribution is -2.27. The maximum absolute atomic E-state index is 13.9. The molecule has 1 heterocycles. The molecule has 1 N–H and O–H groups in total. The molecule has 0 aliphatic carbocycles. The summed E-state index contributed by atoms with van der Waals surface area (Å²) < 4.78 is 72.7. The third kappa shape index (κ3) is 2.88. The third-order valence-electron chi connectivity index (χ3n) is 3.15. The Bertz CT molecular complexity index is 544. The Morgan fingerprint density at radius 1 is 1.05 bits per heavy atom. The monoisotopic (exact) mass is 307 g/mol. The van der Waals surface area contributed by atoms with Crippen molar-refractivity contribution in [3.63, 3.8) is 0 Å². The zero-order valence-corrected chi connectivity index (χ0v) is 11.3. The summed E-state index contributed by atoms with van der Waals surface area (Å²) in [5.41, 5.74) is -0.909.